The largest absolute Gasteiger partial charge is 0.469 e. The Morgan fingerprint density at radius 2 is 1.91 bits per heavy atom. The lowest BCUT2D eigenvalue weighted by atomic mass is 10.1. The number of carbonyl (C=O) groups is 2. The zero-order valence-corrected chi connectivity index (χ0v) is 14.1. The van der Waals surface area contributed by atoms with Gasteiger partial charge in [0.2, 0.25) is 5.91 Å². The Morgan fingerprint density at radius 1 is 1.18 bits per heavy atom. The predicted octanol–water partition coefficient (Wildman–Crippen LogP) is 1.82. The molecule has 0 bridgehead atoms. The summed E-state index contributed by atoms with van der Waals surface area (Å²) in [4.78, 5) is 22.8. The van der Waals surface area contributed by atoms with E-state index in [1.165, 1.54) is 7.11 Å². The standard InChI is InChI=1S/C16H27N3O3/c1-12-14(13(2)19(3)18-12)9-10-15(20)17-11-7-5-6-8-16(21)22-4/h5-11H2,1-4H3,(H,17,20). The van der Waals surface area contributed by atoms with Crippen molar-refractivity contribution in [2.24, 2.45) is 7.05 Å². The molecule has 0 aliphatic heterocycles. The molecule has 0 aliphatic carbocycles. The Balaban J connectivity index is 2.15. The maximum atomic E-state index is 11.8. The SMILES string of the molecule is COC(=O)CCCCCNC(=O)CCc1c(C)nn(C)c1C. The number of carbonyl (C=O) groups excluding carboxylic acids is 2. The van der Waals surface area contributed by atoms with Crippen molar-refractivity contribution in [3.05, 3.63) is 17.0 Å². The van der Waals surface area contributed by atoms with E-state index in [1.807, 2.05) is 25.6 Å². The van der Waals surface area contributed by atoms with Gasteiger partial charge in [0.15, 0.2) is 0 Å². The van der Waals surface area contributed by atoms with Crippen LogP contribution in [0.25, 0.3) is 0 Å². The normalized spacial score (nSPS) is 10.5. The van der Waals surface area contributed by atoms with Gasteiger partial charge in [-0.2, -0.15) is 5.10 Å². The molecule has 22 heavy (non-hydrogen) atoms. The Hall–Kier alpha value is -1.85. The zero-order chi connectivity index (χ0) is 16.5. The third kappa shape index (κ3) is 5.87. The van der Waals surface area contributed by atoms with Gasteiger partial charge in [-0.1, -0.05) is 6.42 Å². The van der Waals surface area contributed by atoms with Gasteiger partial charge in [-0.25, -0.2) is 0 Å². The number of unbranched alkanes of at least 4 members (excludes halogenated alkanes) is 2. The quantitative estimate of drug-likeness (QED) is 0.558. The highest BCUT2D eigenvalue weighted by Crippen LogP contribution is 2.13. The monoisotopic (exact) mass is 309 g/mol. The summed E-state index contributed by atoms with van der Waals surface area (Å²) in [6.07, 6.45) is 4.25. The highest BCUT2D eigenvalue weighted by molar-refractivity contribution is 5.76. The van der Waals surface area contributed by atoms with Crippen LogP contribution in [0.4, 0.5) is 0 Å². The number of amides is 1. The second-order valence-corrected chi connectivity index (χ2v) is 5.51. The van der Waals surface area contributed by atoms with E-state index in [-0.39, 0.29) is 11.9 Å². The van der Waals surface area contributed by atoms with Crippen molar-refractivity contribution in [2.75, 3.05) is 13.7 Å². The minimum atomic E-state index is -0.175. The first-order chi connectivity index (χ1) is 10.5. The van der Waals surface area contributed by atoms with E-state index < -0.39 is 0 Å². The molecule has 1 rings (SSSR count). The Kier molecular flexibility index (Phi) is 7.63. The first-order valence-electron chi connectivity index (χ1n) is 7.78. The highest BCUT2D eigenvalue weighted by Gasteiger charge is 2.11. The van der Waals surface area contributed by atoms with Gasteiger partial charge >= 0.3 is 5.97 Å². The molecule has 0 saturated heterocycles. The number of rotatable bonds is 9. The number of methoxy groups -OCH3 is 1. The Morgan fingerprint density at radius 3 is 2.50 bits per heavy atom. The van der Waals surface area contributed by atoms with Crippen LogP contribution in [0.15, 0.2) is 0 Å². The van der Waals surface area contributed by atoms with E-state index in [4.69, 9.17) is 0 Å². The summed E-state index contributed by atoms with van der Waals surface area (Å²) in [7, 11) is 3.31. The average molecular weight is 309 g/mol. The number of hydrogen-bond donors (Lipinski definition) is 1. The number of nitrogens with zero attached hydrogens (tertiary/aromatic N) is 2. The molecule has 6 heteroatoms. The lowest BCUT2D eigenvalue weighted by Crippen LogP contribution is -2.24. The second-order valence-electron chi connectivity index (χ2n) is 5.51. The minimum absolute atomic E-state index is 0.0654. The minimum Gasteiger partial charge on any atom is -0.469 e. The molecule has 1 heterocycles. The van der Waals surface area contributed by atoms with Crippen molar-refractivity contribution in [2.45, 2.75) is 52.4 Å². The summed E-state index contributed by atoms with van der Waals surface area (Å²) >= 11 is 0. The van der Waals surface area contributed by atoms with E-state index >= 15 is 0 Å². The van der Waals surface area contributed by atoms with Crippen LogP contribution in [0.3, 0.4) is 0 Å². The van der Waals surface area contributed by atoms with Crippen LogP contribution >= 0.6 is 0 Å². The summed E-state index contributed by atoms with van der Waals surface area (Å²) in [5.41, 5.74) is 3.28. The van der Waals surface area contributed by atoms with E-state index in [0.29, 0.717) is 19.4 Å². The van der Waals surface area contributed by atoms with Crippen LogP contribution in [0, 0.1) is 13.8 Å². The van der Waals surface area contributed by atoms with Crippen molar-refractivity contribution < 1.29 is 14.3 Å². The number of ether oxygens (including phenoxy) is 1. The van der Waals surface area contributed by atoms with Crippen molar-refractivity contribution in [3.63, 3.8) is 0 Å². The molecule has 0 saturated carbocycles. The Bertz CT molecular complexity index is 509. The van der Waals surface area contributed by atoms with E-state index in [2.05, 4.69) is 15.2 Å². The molecule has 124 valence electrons. The number of esters is 1. The van der Waals surface area contributed by atoms with Gasteiger partial charge < -0.3 is 10.1 Å². The molecule has 1 aromatic rings. The molecule has 1 N–H and O–H groups in total. The van der Waals surface area contributed by atoms with E-state index in [9.17, 15) is 9.59 Å². The van der Waals surface area contributed by atoms with Crippen LogP contribution in [0.1, 0.15) is 49.1 Å². The Labute approximate surface area is 132 Å². The number of hydrogen-bond acceptors (Lipinski definition) is 4. The molecule has 1 amide bonds. The fraction of sp³-hybridized carbons (Fsp3) is 0.688. The van der Waals surface area contributed by atoms with Crippen LogP contribution in [0.2, 0.25) is 0 Å². The predicted molar refractivity (Wildman–Crippen MR) is 84.5 cm³/mol. The first kappa shape index (κ1) is 18.2. The molecule has 0 aliphatic rings. The van der Waals surface area contributed by atoms with Crippen molar-refractivity contribution in [1.82, 2.24) is 15.1 Å². The topological polar surface area (TPSA) is 73.2 Å². The summed E-state index contributed by atoms with van der Waals surface area (Å²) in [5.74, 6) is -0.109. The van der Waals surface area contributed by atoms with Gasteiger partial charge in [-0.3, -0.25) is 14.3 Å². The van der Waals surface area contributed by atoms with E-state index in [0.717, 1.165) is 42.6 Å². The lowest BCUT2D eigenvalue weighted by molar-refractivity contribution is -0.140. The molecular weight excluding hydrogens is 282 g/mol. The lowest BCUT2D eigenvalue weighted by Gasteiger charge is -2.06. The smallest absolute Gasteiger partial charge is 0.305 e. The number of nitrogens with one attached hydrogen (secondary N) is 1. The fourth-order valence-corrected chi connectivity index (χ4v) is 2.41. The van der Waals surface area contributed by atoms with Gasteiger partial charge in [-0.15, -0.1) is 0 Å². The fourth-order valence-electron chi connectivity index (χ4n) is 2.41. The summed E-state index contributed by atoms with van der Waals surface area (Å²) < 4.78 is 6.43. The highest BCUT2D eigenvalue weighted by atomic mass is 16.5. The third-order valence-electron chi connectivity index (χ3n) is 3.87. The van der Waals surface area contributed by atoms with Crippen molar-refractivity contribution in [1.29, 1.82) is 0 Å². The second kappa shape index (κ2) is 9.23. The van der Waals surface area contributed by atoms with Gasteiger partial charge in [0.25, 0.3) is 0 Å². The van der Waals surface area contributed by atoms with Crippen LogP contribution < -0.4 is 5.32 Å². The summed E-state index contributed by atoms with van der Waals surface area (Å²) in [5, 5.41) is 7.27. The molecule has 0 radical (unpaired) electrons. The molecule has 0 unspecified atom stereocenters. The number of aromatic nitrogens is 2. The van der Waals surface area contributed by atoms with Crippen LogP contribution in [-0.4, -0.2) is 35.3 Å². The molecular formula is C16H27N3O3. The van der Waals surface area contributed by atoms with Gasteiger partial charge in [0.1, 0.15) is 0 Å². The summed E-state index contributed by atoms with van der Waals surface area (Å²) in [6.45, 7) is 4.65. The first-order valence-corrected chi connectivity index (χ1v) is 7.78. The van der Waals surface area contributed by atoms with Gasteiger partial charge in [0.05, 0.1) is 12.8 Å². The maximum absolute atomic E-state index is 11.8. The summed E-state index contributed by atoms with van der Waals surface area (Å²) in [6, 6.07) is 0. The molecule has 0 aromatic carbocycles. The zero-order valence-electron chi connectivity index (χ0n) is 14.1. The van der Waals surface area contributed by atoms with Crippen LogP contribution in [-0.2, 0) is 27.8 Å². The molecule has 0 atom stereocenters. The van der Waals surface area contributed by atoms with E-state index in [1.54, 1.807) is 0 Å². The molecule has 0 spiro atoms. The van der Waals surface area contributed by atoms with Crippen molar-refractivity contribution in [3.8, 4) is 0 Å². The van der Waals surface area contributed by atoms with Crippen molar-refractivity contribution >= 4 is 11.9 Å². The van der Waals surface area contributed by atoms with Gasteiger partial charge in [-0.05, 0) is 38.7 Å². The molecule has 6 nitrogen and oxygen atoms in total. The van der Waals surface area contributed by atoms with Gasteiger partial charge in [0, 0.05) is 32.1 Å². The average Bonchev–Trinajstić information content (AvgIpc) is 2.73. The molecule has 1 aromatic heterocycles. The third-order valence-corrected chi connectivity index (χ3v) is 3.87. The number of aryl methyl sites for hydroxylation is 2. The van der Waals surface area contributed by atoms with Crippen LogP contribution in [0.5, 0.6) is 0 Å². The maximum Gasteiger partial charge on any atom is 0.305 e. The molecule has 0 fully saturated rings.